The zero-order valence-electron chi connectivity index (χ0n) is 5.77. The summed E-state index contributed by atoms with van der Waals surface area (Å²) in [5.41, 5.74) is 0. The first-order chi connectivity index (χ1) is 5.05. The summed E-state index contributed by atoms with van der Waals surface area (Å²) in [5, 5.41) is 0. The molecule has 0 saturated carbocycles. The fourth-order valence-electron chi connectivity index (χ4n) is 0.955. The van der Waals surface area contributed by atoms with E-state index in [1.807, 2.05) is 0 Å². The number of hydrogen-bond acceptors (Lipinski definition) is 2. The number of halogens is 3. The van der Waals surface area contributed by atoms with Gasteiger partial charge in [0.2, 0.25) is 0 Å². The first kappa shape index (κ1) is 8.55. The van der Waals surface area contributed by atoms with Crippen molar-refractivity contribution in [2.24, 2.45) is 0 Å². The van der Waals surface area contributed by atoms with Gasteiger partial charge in [-0.1, -0.05) is 6.58 Å². The molecule has 0 N–H and O–H groups in total. The zero-order chi connectivity index (χ0) is 8.48. The SMILES string of the molecule is C=CC1OCCN1C(F)(F)F. The van der Waals surface area contributed by atoms with E-state index in [0.717, 1.165) is 6.08 Å². The Morgan fingerprint density at radius 1 is 1.55 bits per heavy atom. The van der Waals surface area contributed by atoms with Gasteiger partial charge in [-0.05, 0) is 6.08 Å². The molecule has 2 nitrogen and oxygen atoms in total. The number of hydrogen-bond donors (Lipinski definition) is 0. The molecule has 0 aliphatic carbocycles. The maximum absolute atomic E-state index is 12.0. The van der Waals surface area contributed by atoms with Gasteiger partial charge in [0.1, 0.15) is 6.23 Å². The molecule has 1 aliphatic rings. The van der Waals surface area contributed by atoms with Crippen molar-refractivity contribution in [2.45, 2.75) is 12.5 Å². The van der Waals surface area contributed by atoms with Gasteiger partial charge in [0.15, 0.2) is 0 Å². The van der Waals surface area contributed by atoms with Crippen LogP contribution in [0.1, 0.15) is 0 Å². The highest BCUT2D eigenvalue weighted by Crippen LogP contribution is 2.27. The lowest BCUT2D eigenvalue weighted by Gasteiger charge is -2.21. The predicted molar refractivity (Wildman–Crippen MR) is 32.7 cm³/mol. The fraction of sp³-hybridized carbons (Fsp3) is 0.667. The van der Waals surface area contributed by atoms with Crippen LogP contribution in [-0.4, -0.2) is 30.6 Å². The lowest BCUT2D eigenvalue weighted by Crippen LogP contribution is -2.40. The quantitative estimate of drug-likeness (QED) is 0.431. The predicted octanol–water partition coefficient (Wildman–Crippen LogP) is 1.35. The third-order valence-electron chi connectivity index (χ3n) is 1.46. The first-order valence-corrected chi connectivity index (χ1v) is 3.13. The van der Waals surface area contributed by atoms with Gasteiger partial charge in [-0.3, -0.25) is 0 Å². The molecular weight excluding hydrogens is 159 g/mol. The molecule has 1 fully saturated rings. The van der Waals surface area contributed by atoms with Crippen molar-refractivity contribution in [3.8, 4) is 0 Å². The molecule has 0 amide bonds. The maximum atomic E-state index is 12.0. The average Bonchev–Trinajstić information content (AvgIpc) is 2.31. The Bertz CT molecular complexity index is 156. The van der Waals surface area contributed by atoms with Crippen LogP contribution in [0.15, 0.2) is 12.7 Å². The van der Waals surface area contributed by atoms with E-state index in [9.17, 15) is 13.2 Å². The normalized spacial score (nSPS) is 27.4. The molecule has 0 aromatic heterocycles. The fourth-order valence-corrected chi connectivity index (χ4v) is 0.955. The lowest BCUT2D eigenvalue weighted by atomic mass is 10.5. The van der Waals surface area contributed by atoms with Gasteiger partial charge in [-0.15, -0.1) is 0 Å². The van der Waals surface area contributed by atoms with E-state index in [2.05, 4.69) is 6.58 Å². The van der Waals surface area contributed by atoms with Gasteiger partial charge in [-0.2, -0.15) is 18.1 Å². The van der Waals surface area contributed by atoms with E-state index in [-0.39, 0.29) is 13.2 Å². The molecular formula is C6H8F3NO. The second-order valence-corrected chi connectivity index (χ2v) is 2.16. The Morgan fingerprint density at radius 2 is 2.18 bits per heavy atom. The summed E-state index contributed by atoms with van der Waals surface area (Å²) in [4.78, 5) is 0.306. The number of ether oxygens (including phenoxy) is 1. The molecule has 0 spiro atoms. The average molecular weight is 167 g/mol. The van der Waals surface area contributed by atoms with Crippen molar-refractivity contribution in [3.05, 3.63) is 12.7 Å². The molecule has 1 atom stereocenters. The van der Waals surface area contributed by atoms with Crippen molar-refractivity contribution in [2.75, 3.05) is 13.2 Å². The molecule has 1 aliphatic heterocycles. The summed E-state index contributed by atoms with van der Waals surface area (Å²) >= 11 is 0. The Hall–Kier alpha value is -0.550. The van der Waals surface area contributed by atoms with Crippen LogP contribution in [0.5, 0.6) is 0 Å². The summed E-state index contributed by atoms with van der Waals surface area (Å²) in [6.07, 6.45) is -4.18. The summed E-state index contributed by atoms with van der Waals surface area (Å²) in [5.74, 6) is 0. The van der Waals surface area contributed by atoms with Crippen molar-refractivity contribution >= 4 is 0 Å². The van der Waals surface area contributed by atoms with Crippen LogP contribution >= 0.6 is 0 Å². The molecule has 1 saturated heterocycles. The molecule has 11 heavy (non-hydrogen) atoms. The topological polar surface area (TPSA) is 12.5 Å². The molecule has 0 aromatic rings. The highest BCUT2D eigenvalue weighted by molar-refractivity contribution is 4.85. The smallest absolute Gasteiger partial charge is 0.358 e. The minimum Gasteiger partial charge on any atom is -0.358 e. The summed E-state index contributed by atoms with van der Waals surface area (Å²) in [6.45, 7) is 3.24. The summed E-state index contributed by atoms with van der Waals surface area (Å²) in [7, 11) is 0. The molecule has 0 aromatic carbocycles. The van der Waals surface area contributed by atoms with E-state index in [1.165, 1.54) is 0 Å². The monoisotopic (exact) mass is 167 g/mol. The molecule has 5 heteroatoms. The third kappa shape index (κ3) is 1.72. The minimum atomic E-state index is -4.31. The standard InChI is InChI=1S/C6H8F3NO/c1-2-5-10(3-4-11-5)6(7,8)9/h2,5H,1,3-4H2. The van der Waals surface area contributed by atoms with Gasteiger partial charge in [0, 0.05) is 6.54 Å². The van der Waals surface area contributed by atoms with Crippen LogP contribution in [0, 0.1) is 0 Å². The highest BCUT2D eigenvalue weighted by atomic mass is 19.4. The van der Waals surface area contributed by atoms with Crippen molar-refractivity contribution in [1.82, 2.24) is 4.90 Å². The Balaban J connectivity index is 2.63. The minimum absolute atomic E-state index is 0.107. The summed E-state index contributed by atoms with van der Waals surface area (Å²) in [6, 6.07) is 0. The molecule has 0 bridgehead atoms. The number of rotatable bonds is 1. The molecule has 1 rings (SSSR count). The third-order valence-corrected chi connectivity index (χ3v) is 1.46. The zero-order valence-corrected chi connectivity index (χ0v) is 5.77. The van der Waals surface area contributed by atoms with Crippen LogP contribution in [0.4, 0.5) is 13.2 Å². The molecule has 0 radical (unpaired) electrons. The Kier molecular flexibility index (Phi) is 2.20. The van der Waals surface area contributed by atoms with Gasteiger partial charge in [-0.25, -0.2) is 0 Å². The molecule has 1 unspecified atom stereocenters. The second kappa shape index (κ2) is 2.83. The Morgan fingerprint density at radius 3 is 2.55 bits per heavy atom. The van der Waals surface area contributed by atoms with Crippen molar-refractivity contribution < 1.29 is 17.9 Å². The van der Waals surface area contributed by atoms with Crippen LogP contribution in [0.2, 0.25) is 0 Å². The van der Waals surface area contributed by atoms with E-state index in [1.54, 1.807) is 0 Å². The van der Waals surface area contributed by atoms with Crippen LogP contribution in [-0.2, 0) is 4.74 Å². The highest BCUT2D eigenvalue weighted by Gasteiger charge is 2.43. The van der Waals surface area contributed by atoms with E-state index >= 15 is 0 Å². The van der Waals surface area contributed by atoms with E-state index in [4.69, 9.17) is 4.74 Å². The largest absolute Gasteiger partial charge is 0.462 e. The first-order valence-electron chi connectivity index (χ1n) is 3.13. The lowest BCUT2D eigenvalue weighted by molar-refractivity contribution is -0.257. The molecule has 1 heterocycles. The van der Waals surface area contributed by atoms with Gasteiger partial charge < -0.3 is 4.74 Å². The van der Waals surface area contributed by atoms with Crippen molar-refractivity contribution in [3.63, 3.8) is 0 Å². The number of nitrogens with zero attached hydrogens (tertiary/aromatic N) is 1. The van der Waals surface area contributed by atoms with Gasteiger partial charge in [0.05, 0.1) is 6.61 Å². The van der Waals surface area contributed by atoms with E-state index < -0.39 is 12.5 Å². The van der Waals surface area contributed by atoms with Gasteiger partial charge in [0.25, 0.3) is 0 Å². The van der Waals surface area contributed by atoms with Crippen LogP contribution in [0.3, 0.4) is 0 Å². The molecule has 64 valence electrons. The number of alkyl halides is 3. The van der Waals surface area contributed by atoms with Crippen molar-refractivity contribution in [1.29, 1.82) is 0 Å². The van der Waals surface area contributed by atoms with E-state index in [0.29, 0.717) is 4.90 Å². The second-order valence-electron chi connectivity index (χ2n) is 2.16. The van der Waals surface area contributed by atoms with Crippen LogP contribution < -0.4 is 0 Å². The Labute approximate surface area is 62.2 Å². The van der Waals surface area contributed by atoms with Gasteiger partial charge >= 0.3 is 6.30 Å². The maximum Gasteiger partial charge on any atom is 0.462 e. The van der Waals surface area contributed by atoms with Crippen LogP contribution in [0.25, 0.3) is 0 Å². The summed E-state index contributed by atoms with van der Waals surface area (Å²) < 4.78 is 40.7.